The summed E-state index contributed by atoms with van der Waals surface area (Å²) in [5.74, 6) is 2.69. The highest BCUT2D eigenvalue weighted by atomic mass is 15.2. The van der Waals surface area contributed by atoms with E-state index in [1.165, 1.54) is 30.5 Å². The van der Waals surface area contributed by atoms with Gasteiger partial charge in [0.15, 0.2) is 5.82 Å². The summed E-state index contributed by atoms with van der Waals surface area (Å²) in [4.78, 5) is 20.7. The standard InChI is InChI=1S/C21H24N6/c1-4-18-19(5-1)24-20(17-3-2-8-22-13-17)25-21(18)27-10-6-16(7-11-27)14-26-12-9-23-15-26/h2-3,8-9,12-13,15-16H,1,4-7,10-11,14H2. The zero-order valence-corrected chi connectivity index (χ0v) is 15.5. The van der Waals surface area contributed by atoms with Crippen LogP contribution in [-0.4, -0.2) is 37.6 Å². The molecule has 1 fully saturated rings. The molecule has 6 heteroatoms. The number of imidazole rings is 1. The van der Waals surface area contributed by atoms with Gasteiger partial charge in [0.05, 0.1) is 6.33 Å². The van der Waals surface area contributed by atoms with Gasteiger partial charge >= 0.3 is 0 Å². The average molecular weight is 360 g/mol. The van der Waals surface area contributed by atoms with Gasteiger partial charge in [-0.25, -0.2) is 15.0 Å². The lowest BCUT2D eigenvalue weighted by Crippen LogP contribution is -2.36. The van der Waals surface area contributed by atoms with Crippen molar-refractivity contribution in [1.29, 1.82) is 0 Å². The Bertz CT molecular complexity index is 898. The fourth-order valence-electron chi connectivity index (χ4n) is 4.32. The van der Waals surface area contributed by atoms with Crippen LogP contribution >= 0.6 is 0 Å². The summed E-state index contributed by atoms with van der Waals surface area (Å²) in [6.07, 6.45) is 15.2. The number of aromatic nitrogens is 5. The van der Waals surface area contributed by atoms with E-state index in [1.54, 1.807) is 6.20 Å². The minimum absolute atomic E-state index is 0.711. The fourth-order valence-corrected chi connectivity index (χ4v) is 4.32. The van der Waals surface area contributed by atoms with Gasteiger partial charge in [-0.1, -0.05) is 0 Å². The van der Waals surface area contributed by atoms with Crippen LogP contribution in [0.1, 0.15) is 30.5 Å². The Kier molecular flexibility index (Phi) is 4.32. The van der Waals surface area contributed by atoms with Crippen LogP contribution in [-0.2, 0) is 19.4 Å². The van der Waals surface area contributed by atoms with E-state index in [0.717, 1.165) is 49.7 Å². The van der Waals surface area contributed by atoms with E-state index in [9.17, 15) is 0 Å². The van der Waals surface area contributed by atoms with E-state index < -0.39 is 0 Å². The summed E-state index contributed by atoms with van der Waals surface area (Å²) in [7, 11) is 0. The number of hydrogen-bond acceptors (Lipinski definition) is 5. The smallest absolute Gasteiger partial charge is 0.163 e. The summed E-state index contributed by atoms with van der Waals surface area (Å²) in [5, 5.41) is 0. The van der Waals surface area contributed by atoms with Crippen molar-refractivity contribution >= 4 is 5.82 Å². The molecule has 0 spiro atoms. The number of rotatable bonds is 4. The molecule has 0 aromatic carbocycles. The predicted octanol–water partition coefficient (Wildman–Crippen LogP) is 3.14. The Labute approximate surface area is 159 Å². The van der Waals surface area contributed by atoms with Crippen LogP contribution in [0.2, 0.25) is 0 Å². The van der Waals surface area contributed by atoms with Crippen molar-refractivity contribution in [3.05, 3.63) is 54.5 Å². The number of piperidine rings is 1. The average Bonchev–Trinajstić information content (AvgIpc) is 3.40. The van der Waals surface area contributed by atoms with E-state index in [0.29, 0.717) is 5.92 Å². The van der Waals surface area contributed by atoms with Crippen LogP contribution in [0.25, 0.3) is 11.4 Å². The van der Waals surface area contributed by atoms with Crippen LogP contribution in [0.3, 0.4) is 0 Å². The molecule has 138 valence electrons. The van der Waals surface area contributed by atoms with E-state index >= 15 is 0 Å². The Hall–Kier alpha value is -2.76. The highest BCUT2D eigenvalue weighted by Gasteiger charge is 2.27. The van der Waals surface area contributed by atoms with Gasteiger partial charge in [-0.3, -0.25) is 4.98 Å². The second-order valence-electron chi connectivity index (χ2n) is 7.58. The van der Waals surface area contributed by atoms with Gasteiger partial charge in [-0.2, -0.15) is 0 Å². The Morgan fingerprint density at radius 1 is 1.04 bits per heavy atom. The van der Waals surface area contributed by atoms with Crippen molar-refractivity contribution in [2.45, 2.75) is 38.6 Å². The van der Waals surface area contributed by atoms with E-state index in [2.05, 4.69) is 25.6 Å². The zero-order valence-electron chi connectivity index (χ0n) is 15.5. The first-order valence-electron chi connectivity index (χ1n) is 9.88. The molecule has 1 aliphatic carbocycles. The molecule has 0 bridgehead atoms. The lowest BCUT2D eigenvalue weighted by molar-refractivity contribution is 0.355. The zero-order chi connectivity index (χ0) is 18.1. The molecule has 6 nitrogen and oxygen atoms in total. The second-order valence-corrected chi connectivity index (χ2v) is 7.58. The molecule has 0 saturated carbocycles. The van der Waals surface area contributed by atoms with Gasteiger partial charge in [-0.05, 0) is 50.2 Å². The monoisotopic (exact) mass is 360 g/mol. The maximum absolute atomic E-state index is 5.00. The number of pyridine rings is 1. The first kappa shape index (κ1) is 16.4. The predicted molar refractivity (Wildman–Crippen MR) is 104 cm³/mol. The third kappa shape index (κ3) is 3.31. The molecule has 0 N–H and O–H groups in total. The molecular weight excluding hydrogens is 336 g/mol. The second kappa shape index (κ2) is 7.10. The third-order valence-corrected chi connectivity index (χ3v) is 5.77. The molecule has 4 heterocycles. The van der Waals surface area contributed by atoms with Crippen molar-refractivity contribution in [2.24, 2.45) is 5.92 Å². The highest BCUT2D eigenvalue weighted by molar-refractivity contribution is 5.60. The first-order chi connectivity index (χ1) is 13.4. The summed E-state index contributed by atoms with van der Waals surface area (Å²) >= 11 is 0. The van der Waals surface area contributed by atoms with Crippen molar-refractivity contribution in [2.75, 3.05) is 18.0 Å². The van der Waals surface area contributed by atoms with Crippen LogP contribution in [0, 0.1) is 5.92 Å². The molecule has 2 aliphatic rings. The van der Waals surface area contributed by atoms with E-state index in [1.807, 2.05) is 30.9 Å². The van der Waals surface area contributed by atoms with Crippen LogP contribution in [0.15, 0.2) is 43.2 Å². The maximum atomic E-state index is 5.00. The molecule has 1 aliphatic heterocycles. The molecule has 0 amide bonds. The fraction of sp³-hybridized carbons (Fsp3) is 0.429. The normalized spacial score (nSPS) is 17.3. The third-order valence-electron chi connectivity index (χ3n) is 5.77. The molecule has 0 radical (unpaired) electrons. The largest absolute Gasteiger partial charge is 0.356 e. The van der Waals surface area contributed by atoms with Gasteiger partial charge in [0.2, 0.25) is 0 Å². The minimum Gasteiger partial charge on any atom is -0.356 e. The van der Waals surface area contributed by atoms with Crippen LogP contribution in [0.4, 0.5) is 5.82 Å². The number of aryl methyl sites for hydroxylation is 1. The van der Waals surface area contributed by atoms with Crippen LogP contribution < -0.4 is 4.90 Å². The van der Waals surface area contributed by atoms with Gasteiger partial charge in [0, 0.05) is 61.2 Å². The number of fused-ring (bicyclic) bond motifs is 1. The van der Waals surface area contributed by atoms with E-state index in [4.69, 9.17) is 9.97 Å². The molecule has 1 saturated heterocycles. The maximum Gasteiger partial charge on any atom is 0.163 e. The van der Waals surface area contributed by atoms with Crippen molar-refractivity contribution in [3.63, 3.8) is 0 Å². The Balaban J connectivity index is 1.38. The lowest BCUT2D eigenvalue weighted by Gasteiger charge is -2.34. The highest BCUT2D eigenvalue weighted by Crippen LogP contribution is 2.33. The minimum atomic E-state index is 0.711. The topological polar surface area (TPSA) is 59.7 Å². The molecule has 0 atom stereocenters. The van der Waals surface area contributed by atoms with Crippen molar-refractivity contribution in [1.82, 2.24) is 24.5 Å². The summed E-state index contributed by atoms with van der Waals surface area (Å²) < 4.78 is 2.20. The van der Waals surface area contributed by atoms with E-state index in [-0.39, 0.29) is 0 Å². The summed E-state index contributed by atoms with van der Waals surface area (Å²) in [6, 6.07) is 4.00. The number of nitrogens with zero attached hydrogens (tertiary/aromatic N) is 6. The lowest BCUT2D eigenvalue weighted by atomic mass is 9.96. The summed E-state index contributed by atoms with van der Waals surface area (Å²) in [6.45, 7) is 3.20. The SMILES string of the molecule is c1cncc(-c2nc3c(c(N4CCC(Cn5ccnc5)CC4)n2)CCC3)c1. The molecule has 27 heavy (non-hydrogen) atoms. The van der Waals surface area contributed by atoms with Crippen molar-refractivity contribution < 1.29 is 0 Å². The number of hydrogen-bond donors (Lipinski definition) is 0. The van der Waals surface area contributed by atoms with Gasteiger partial charge in [0.1, 0.15) is 5.82 Å². The Morgan fingerprint density at radius 2 is 1.96 bits per heavy atom. The molecular formula is C21H24N6. The Morgan fingerprint density at radius 3 is 2.74 bits per heavy atom. The van der Waals surface area contributed by atoms with Gasteiger partial charge < -0.3 is 9.47 Å². The molecule has 3 aromatic rings. The molecule has 3 aromatic heterocycles. The van der Waals surface area contributed by atoms with Crippen molar-refractivity contribution in [3.8, 4) is 11.4 Å². The van der Waals surface area contributed by atoms with Gasteiger partial charge in [0.25, 0.3) is 0 Å². The quantitative estimate of drug-likeness (QED) is 0.715. The molecule has 5 rings (SSSR count). The molecule has 0 unspecified atom stereocenters. The van der Waals surface area contributed by atoms with Crippen LogP contribution in [0.5, 0.6) is 0 Å². The summed E-state index contributed by atoms with van der Waals surface area (Å²) in [5.41, 5.74) is 3.61. The first-order valence-corrected chi connectivity index (χ1v) is 9.88. The number of anilines is 1. The van der Waals surface area contributed by atoms with Gasteiger partial charge in [-0.15, -0.1) is 0 Å².